The molecule has 3 heteroatoms. The lowest BCUT2D eigenvalue weighted by atomic mass is 9.77. The molecule has 1 N–H and O–H groups in total. The summed E-state index contributed by atoms with van der Waals surface area (Å²) in [4.78, 5) is 0. The fourth-order valence-electron chi connectivity index (χ4n) is 2.65. The van der Waals surface area contributed by atoms with E-state index >= 15 is 0 Å². The minimum atomic E-state index is -0.538. The van der Waals surface area contributed by atoms with Crippen LogP contribution in [0.5, 0.6) is 0 Å². The maximum Gasteiger partial charge on any atom is 0.0745 e. The van der Waals surface area contributed by atoms with Gasteiger partial charge in [-0.2, -0.15) is 0 Å². The van der Waals surface area contributed by atoms with Crippen LogP contribution in [0.25, 0.3) is 0 Å². The summed E-state index contributed by atoms with van der Waals surface area (Å²) in [6.45, 7) is 6.53. The molecule has 0 aliphatic carbocycles. The van der Waals surface area contributed by atoms with E-state index in [0.717, 1.165) is 32.5 Å². The van der Waals surface area contributed by atoms with Gasteiger partial charge in [-0.3, -0.25) is 0 Å². The summed E-state index contributed by atoms with van der Waals surface area (Å²) in [6.07, 6.45) is 2.76. The maximum absolute atomic E-state index is 10.6. The fourth-order valence-corrected chi connectivity index (χ4v) is 2.65. The van der Waals surface area contributed by atoms with E-state index in [1.165, 1.54) is 0 Å². The summed E-state index contributed by atoms with van der Waals surface area (Å²) < 4.78 is 11.1. The summed E-state index contributed by atoms with van der Waals surface area (Å²) in [5.74, 6) is 0.807. The maximum atomic E-state index is 10.6. The van der Waals surface area contributed by atoms with Crippen LogP contribution in [0, 0.1) is 11.8 Å². The molecule has 0 aromatic carbocycles. The average Bonchev–Trinajstić information content (AvgIpc) is 2.71. The molecule has 2 rings (SSSR count). The highest BCUT2D eigenvalue weighted by atomic mass is 16.5. The molecule has 0 amide bonds. The summed E-state index contributed by atoms with van der Waals surface area (Å²) in [5.41, 5.74) is -0.538. The third kappa shape index (κ3) is 2.35. The van der Waals surface area contributed by atoms with Crippen LogP contribution in [-0.2, 0) is 9.47 Å². The van der Waals surface area contributed by atoms with Gasteiger partial charge in [0.15, 0.2) is 0 Å². The topological polar surface area (TPSA) is 38.7 Å². The van der Waals surface area contributed by atoms with Gasteiger partial charge in [0.25, 0.3) is 0 Å². The van der Waals surface area contributed by atoms with Gasteiger partial charge < -0.3 is 14.6 Å². The summed E-state index contributed by atoms with van der Waals surface area (Å²) in [6, 6.07) is 0. The molecule has 2 fully saturated rings. The monoisotopic (exact) mass is 214 g/mol. The quantitative estimate of drug-likeness (QED) is 0.758. The Labute approximate surface area is 91.8 Å². The Bertz CT molecular complexity index is 211. The highest BCUT2D eigenvalue weighted by Gasteiger charge is 2.43. The summed E-state index contributed by atoms with van der Waals surface area (Å²) in [7, 11) is 0. The molecule has 0 bridgehead atoms. The van der Waals surface area contributed by atoms with E-state index in [-0.39, 0.29) is 6.10 Å². The van der Waals surface area contributed by atoms with Gasteiger partial charge >= 0.3 is 0 Å². The van der Waals surface area contributed by atoms with Crippen LogP contribution in [0.3, 0.4) is 0 Å². The van der Waals surface area contributed by atoms with E-state index in [4.69, 9.17) is 9.47 Å². The normalized spacial score (nSPS) is 42.4. The molecule has 0 saturated carbocycles. The van der Waals surface area contributed by atoms with Crippen LogP contribution in [0.4, 0.5) is 0 Å². The van der Waals surface area contributed by atoms with Crippen molar-refractivity contribution in [3.05, 3.63) is 0 Å². The van der Waals surface area contributed by atoms with Gasteiger partial charge in [-0.05, 0) is 18.8 Å². The molecule has 15 heavy (non-hydrogen) atoms. The Kier molecular flexibility index (Phi) is 3.33. The molecular weight excluding hydrogens is 192 g/mol. The number of aliphatic hydroxyl groups is 1. The summed E-state index contributed by atoms with van der Waals surface area (Å²) >= 11 is 0. The third-order valence-electron chi connectivity index (χ3n) is 3.85. The first-order valence-corrected chi connectivity index (χ1v) is 6.03. The number of hydrogen-bond acceptors (Lipinski definition) is 3. The molecule has 3 unspecified atom stereocenters. The predicted octanol–water partition coefficient (Wildman–Crippen LogP) is 1.59. The van der Waals surface area contributed by atoms with Crippen molar-refractivity contribution in [1.29, 1.82) is 0 Å². The Hall–Kier alpha value is -0.120. The van der Waals surface area contributed by atoms with Gasteiger partial charge in [0, 0.05) is 25.6 Å². The fraction of sp³-hybridized carbons (Fsp3) is 1.00. The van der Waals surface area contributed by atoms with E-state index in [1.54, 1.807) is 0 Å². The zero-order chi connectivity index (χ0) is 10.9. The second-order valence-electron chi connectivity index (χ2n) is 5.27. The standard InChI is InChI=1S/C12H22O3/c1-9(2)11-7-12(13,4-6-15-11)10-3-5-14-8-10/h9-11,13H,3-8H2,1-2H3. The first kappa shape index (κ1) is 11.4. The summed E-state index contributed by atoms with van der Waals surface area (Å²) in [5, 5.41) is 10.6. The zero-order valence-electron chi connectivity index (χ0n) is 9.74. The molecule has 0 aromatic heterocycles. The van der Waals surface area contributed by atoms with Crippen molar-refractivity contribution in [2.75, 3.05) is 19.8 Å². The molecule has 88 valence electrons. The largest absolute Gasteiger partial charge is 0.389 e. The molecule has 2 aliphatic heterocycles. The highest BCUT2D eigenvalue weighted by molar-refractivity contribution is 4.93. The predicted molar refractivity (Wildman–Crippen MR) is 57.7 cm³/mol. The molecule has 3 atom stereocenters. The Morgan fingerprint density at radius 1 is 1.33 bits per heavy atom. The molecule has 0 radical (unpaired) electrons. The van der Waals surface area contributed by atoms with Gasteiger partial charge in [0.2, 0.25) is 0 Å². The molecule has 0 spiro atoms. The number of hydrogen-bond donors (Lipinski definition) is 1. The molecule has 0 aromatic rings. The highest BCUT2D eigenvalue weighted by Crippen LogP contribution is 2.37. The van der Waals surface area contributed by atoms with Gasteiger partial charge in [0.05, 0.1) is 18.3 Å². The van der Waals surface area contributed by atoms with Gasteiger partial charge in [-0.1, -0.05) is 13.8 Å². The Morgan fingerprint density at radius 3 is 2.73 bits per heavy atom. The van der Waals surface area contributed by atoms with E-state index in [0.29, 0.717) is 18.4 Å². The van der Waals surface area contributed by atoms with Gasteiger partial charge in [-0.25, -0.2) is 0 Å². The lowest BCUT2D eigenvalue weighted by molar-refractivity contribution is -0.142. The van der Waals surface area contributed by atoms with Gasteiger partial charge in [-0.15, -0.1) is 0 Å². The van der Waals surface area contributed by atoms with Crippen molar-refractivity contribution in [1.82, 2.24) is 0 Å². The molecule has 2 heterocycles. The minimum Gasteiger partial charge on any atom is -0.389 e. The van der Waals surface area contributed by atoms with Crippen molar-refractivity contribution in [3.63, 3.8) is 0 Å². The lowest BCUT2D eigenvalue weighted by Gasteiger charge is -2.41. The van der Waals surface area contributed by atoms with Gasteiger partial charge in [0.1, 0.15) is 0 Å². The molecule has 2 saturated heterocycles. The lowest BCUT2D eigenvalue weighted by Crippen LogP contribution is -2.48. The first-order chi connectivity index (χ1) is 7.12. The smallest absolute Gasteiger partial charge is 0.0745 e. The Balaban J connectivity index is 2.00. The van der Waals surface area contributed by atoms with Crippen molar-refractivity contribution in [3.8, 4) is 0 Å². The van der Waals surface area contributed by atoms with Crippen LogP contribution in [-0.4, -0.2) is 36.6 Å². The van der Waals surface area contributed by atoms with Crippen molar-refractivity contribution in [2.45, 2.75) is 44.8 Å². The van der Waals surface area contributed by atoms with E-state index < -0.39 is 5.60 Å². The Morgan fingerprint density at radius 2 is 2.13 bits per heavy atom. The minimum absolute atomic E-state index is 0.212. The van der Waals surface area contributed by atoms with Crippen LogP contribution in [0.2, 0.25) is 0 Å². The molecule has 2 aliphatic rings. The number of rotatable bonds is 2. The average molecular weight is 214 g/mol. The first-order valence-electron chi connectivity index (χ1n) is 6.03. The second kappa shape index (κ2) is 4.40. The SMILES string of the molecule is CC(C)C1CC(O)(C2CCOC2)CCO1. The van der Waals surface area contributed by atoms with Crippen molar-refractivity contribution >= 4 is 0 Å². The van der Waals surface area contributed by atoms with Crippen LogP contribution in [0.1, 0.15) is 33.1 Å². The van der Waals surface area contributed by atoms with Crippen molar-refractivity contribution < 1.29 is 14.6 Å². The zero-order valence-corrected chi connectivity index (χ0v) is 9.74. The van der Waals surface area contributed by atoms with Crippen LogP contribution >= 0.6 is 0 Å². The van der Waals surface area contributed by atoms with E-state index in [9.17, 15) is 5.11 Å². The molecule has 3 nitrogen and oxygen atoms in total. The third-order valence-corrected chi connectivity index (χ3v) is 3.85. The van der Waals surface area contributed by atoms with Crippen molar-refractivity contribution in [2.24, 2.45) is 11.8 Å². The van der Waals surface area contributed by atoms with E-state index in [2.05, 4.69) is 13.8 Å². The van der Waals surface area contributed by atoms with Crippen LogP contribution < -0.4 is 0 Å². The van der Waals surface area contributed by atoms with E-state index in [1.807, 2.05) is 0 Å². The van der Waals surface area contributed by atoms with Crippen LogP contribution in [0.15, 0.2) is 0 Å². The molecular formula is C12H22O3. The number of ether oxygens (including phenoxy) is 2. The second-order valence-corrected chi connectivity index (χ2v) is 5.27.